The molecular weight excluding hydrogens is 513 g/mol. The standard InChI is InChI=1S/C30H26ClF3N2O2/c1-19-6-5-15-29(2)27(26(19)20-8-10-21(11-9-20)30(32,33)34)28(37)36(29)23-12-13-25(24(31)18-23)38-17-14-22-7-3-4-16-35-22/h3-5,7-13,15-16,18-19H,6,14,17H2,1-2H3. The number of pyridine rings is 1. The number of aromatic nitrogens is 1. The van der Waals surface area contributed by atoms with E-state index >= 15 is 0 Å². The van der Waals surface area contributed by atoms with Gasteiger partial charge in [-0.2, -0.15) is 13.2 Å². The third-order valence-electron chi connectivity index (χ3n) is 7.12. The summed E-state index contributed by atoms with van der Waals surface area (Å²) in [5.41, 5.74) is 2.04. The summed E-state index contributed by atoms with van der Waals surface area (Å²) >= 11 is 6.54. The Labute approximate surface area is 224 Å². The lowest BCUT2D eigenvalue weighted by molar-refractivity contribution is -0.137. The zero-order chi connectivity index (χ0) is 27.1. The zero-order valence-corrected chi connectivity index (χ0v) is 21.7. The number of hydrogen-bond donors (Lipinski definition) is 0. The molecule has 196 valence electrons. The normalized spacial score (nSPS) is 21.2. The molecule has 2 aliphatic rings. The highest BCUT2D eigenvalue weighted by Crippen LogP contribution is 2.50. The Morgan fingerprint density at radius 3 is 2.55 bits per heavy atom. The largest absolute Gasteiger partial charge is 0.492 e. The van der Waals surface area contributed by atoms with Crippen LogP contribution in [-0.2, 0) is 17.4 Å². The molecule has 1 saturated heterocycles. The van der Waals surface area contributed by atoms with E-state index in [9.17, 15) is 18.0 Å². The third-order valence-corrected chi connectivity index (χ3v) is 7.42. The van der Waals surface area contributed by atoms with Crippen LogP contribution in [0, 0.1) is 5.92 Å². The van der Waals surface area contributed by atoms with Crippen LogP contribution in [0.4, 0.5) is 18.9 Å². The molecule has 3 aromatic rings. The quantitative estimate of drug-likeness (QED) is 0.241. The molecule has 1 fully saturated rings. The minimum atomic E-state index is -4.42. The van der Waals surface area contributed by atoms with Crippen LogP contribution in [0.15, 0.2) is 84.6 Å². The van der Waals surface area contributed by atoms with E-state index in [0.717, 1.165) is 23.4 Å². The van der Waals surface area contributed by atoms with Gasteiger partial charge in [0.15, 0.2) is 0 Å². The number of anilines is 1. The Hall–Kier alpha value is -3.58. The van der Waals surface area contributed by atoms with Crippen molar-refractivity contribution in [2.75, 3.05) is 11.5 Å². The lowest BCUT2D eigenvalue weighted by Crippen LogP contribution is -2.64. The van der Waals surface area contributed by atoms with E-state index in [1.54, 1.807) is 29.3 Å². The summed E-state index contributed by atoms with van der Waals surface area (Å²) in [6.07, 6.45) is 2.63. The molecule has 1 aromatic heterocycles. The van der Waals surface area contributed by atoms with Gasteiger partial charge in [0.25, 0.3) is 5.91 Å². The molecule has 8 heteroatoms. The van der Waals surface area contributed by atoms with Crippen LogP contribution in [0.1, 0.15) is 37.1 Å². The number of amides is 1. The number of nitrogens with zero attached hydrogens (tertiary/aromatic N) is 2. The van der Waals surface area contributed by atoms with Crippen molar-refractivity contribution in [3.8, 4) is 5.75 Å². The van der Waals surface area contributed by atoms with E-state index in [1.807, 2.05) is 44.2 Å². The smallest absolute Gasteiger partial charge is 0.416 e. The van der Waals surface area contributed by atoms with Crippen LogP contribution in [-0.4, -0.2) is 23.0 Å². The van der Waals surface area contributed by atoms with Crippen LogP contribution in [0.3, 0.4) is 0 Å². The number of rotatable bonds is 6. The maximum absolute atomic E-state index is 13.6. The van der Waals surface area contributed by atoms with Gasteiger partial charge in [0, 0.05) is 24.0 Å². The van der Waals surface area contributed by atoms with Gasteiger partial charge in [-0.3, -0.25) is 14.7 Å². The van der Waals surface area contributed by atoms with Gasteiger partial charge in [0.05, 0.1) is 28.3 Å². The van der Waals surface area contributed by atoms with Gasteiger partial charge in [-0.15, -0.1) is 0 Å². The van der Waals surface area contributed by atoms with Gasteiger partial charge < -0.3 is 4.74 Å². The number of halogens is 4. The number of carbonyl (C=O) groups excluding carboxylic acids is 1. The van der Waals surface area contributed by atoms with Gasteiger partial charge in [0.1, 0.15) is 5.75 Å². The average molecular weight is 539 g/mol. The van der Waals surface area contributed by atoms with E-state index in [4.69, 9.17) is 16.3 Å². The first-order chi connectivity index (χ1) is 18.1. The Bertz CT molecular complexity index is 1420. The molecule has 0 N–H and O–H groups in total. The summed E-state index contributed by atoms with van der Waals surface area (Å²) in [7, 11) is 0. The SMILES string of the molecule is CC1CC=CC2(C)C(=C1c1ccc(C(F)(F)F)cc1)C(=O)N2c1ccc(OCCc2ccccn2)c(Cl)c1. The van der Waals surface area contributed by atoms with Crippen LogP contribution in [0.5, 0.6) is 5.75 Å². The van der Waals surface area contributed by atoms with Crippen molar-refractivity contribution < 1.29 is 22.7 Å². The molecular formula is C30H26ClF3N2O2. The molecule has 0 bridgehead atoms. The van der Waals surface area contributed by atoms with Crippen molar-refractivity contribution in [3.05, 3.63) is 106 Å². The number of hydrogen-bond acceptors (Lipinski definition) is 3. The molecule has 2 heterocycles. The summed E-state index contributed by atoms with van der Waals surface area (Å²) in [6.45, 7) is 4.33. The van der Waals surface area contributed by atoms with Crippen molar-refractivity contribution in [2.24, 2.45) is 5.92 Å². The van der Waals surface area contributed by atoms with E-state index < -0.39 is 17.3 Å². The molecule has 4 nitrogen and oxygen atoms in total. The lowest BCUT2D eigenvalue weighted by Gasteiger charge is -2.51. The molecule has 0 saturated carbocycles. The Kier molecular flexibility index (Phi) is 6.82. The molecule has 0 spiro atoms. The fraction of sp³-hybridized carbons (Fsp3) is 0.267. The summed E-state index contributed by atoms with van der Waals surface area (Å²) in [4.78, 5) is 19.6. The third kappa shape index (κ3) is 4.71. The first kappa shape index (κ1) is 26.0. The van der Waals surface area contributed by atoms with Crippen molar-refractivity contribution in [1.82, 2.24) is 4.98 Å². The summed E-state index contributed by atoms with van der Waals surface area (Å²) in [6, 6.07) is 16.0. The number of β-lactam (4-membered cyclic amide) rings is 1. The molecule has 1 amide bonds. The van der Waals surface area contributed by atoms with Crippen LogP contribution in [0.2, 0.25) is 5.02 Å². The van der Waals surface area contributed by atoms with Crippen molar-refractivity contribution >= 4 is 28.8 Å². The maximum atomic E-state index is 13.6. The fourth-order valence-corrected chi connectivity index (χ4v) is 5.45. The van der Waals surface area contributed by atoms with E-state index in [2.05, 4.69) is 4.98 Å². The summed E-state index contributed by atoms with van der Waals surface area (Å²) < 4.78 is 45.2. The predicted octanol–water partition coefficient (Wildman–Crippen LogP) is 7.53. The predicted molar refractivity (Wildman–Crippen MR) is 142 cm³/mol. The van der Waals surface area contributed by atoms with Crippen molar-refractivity contribution in [1.29, 1.82) is 0 Å². The zero-order valence-electron chi connectivity index (χ0n) is 20.9. The van der Waals surface area contributed by atoms with Gasteiger partial charge in [-0.05, 0) is 72.9 Å². The van der Waals surface area contributed by atoms with Crippen LogP contribution < -0.4 is 9.64 Å². The monoisotopic (exact) mass is 538 g/mol. The number of allylic oxidation sites excluding steroid dienone is 2. The number of benzene rings is 2. The first-order valence-electron chi connectivity index (χ1n) is 12.4. The highest BCUT2D eigenvalue weighted by Gasteiger charge is 2.54. The molecule has 2 atom stereocenters. The molecule has 1 aliphatic carbocycles. The minimum Gasteiger partial charge on any atom is -0.492 e. The van der Waals surface area contributed by atoms with Crippen LogP contribution in [0.25, 0.3) is 5.57 Å². The van der Waals surface area contributed by atoms with Gasteiger partial charge in [-0.1, -0.05) is 48.9 Å². The molecule has 38 heavy (non-hydrogen) atoms. The molecule has 1 aliphatic heterocycles. The first-order valence-corrected chi connectivity index (χ1v) is 12.7. The second kappa shape index (κ2) is 9.95. The fourth-order valence-electron chi connectivity index (χ4n) is 5.22. The number of ether oxygens (including phenoxy) is 1. The van der Waals surface area contributed by atoms with Crippen molar-refractivity contribution in [3.63, 3.8) is 0 Å². The van der Waals surface area contributed by atoms with Gasteiger partial charge in [-0.25, -0.2) is 0 Å². The molecule has 5 rings (SSSR count). The van der Waals surface area contributed by atoms with Gasteiger partial charge >= 0.3 is 6.18 Å². The van der Waals surface area contributed by atoms with Crippen molar-refractivity contribution in [2.45, 2.75) is 38.4 Å². The highest BCUT2D eigenvalue weighted by atomic mass is 35.5. The average Bonchev–Trinajstić information content (AvgIpc) is 2.99. The van der Waals surface area contributed by atoms with Gasteiger partial charge in [0.2, 0.25) is 0 Å². The topological polar surface area (TPSA) is 42.4 Å². The highest BCUT2D eigenvalue weighted by molar-refractivity contribution is 6.32. The number of carbonyl (C=O) groups is 1. The maximum Gasteiger partial charge on any atom is 0.416 e. The van der Waals surface area contributed by atoms with Crippen LogP contribution >= 0.6 is 11.6 Å². The Morgan fingerprint density at radius 1 is 1.13 bits per heavy atom. The summed E-state index contributed by atoms with van der Waals surface area (Å²) in [5, 5.41) is 0.381. The lowest BCUT2D eigenvalue weighted by atomic mass is 9.74. The van der Waals surface area contributed by atoms with E-state index in [-0.39, 0.29) is 11.8 Å². The summed E-state index contributed by atoms with van der Waals surface area (Å²) in [5.74, 6) is 0.278. The molecule has 2 aromatic carbocycles. The number of fused-ring (bicyclic) bond motifs is 1. The Morgan fingerprint density at radius 2 is 1.89 bits per heavy atom. The minimum absolute atomic E-state index is 0.0376. The van der Waals surface area contributed by atoms with E-state index in [0.29, 0.717) is 47.0 Å². The Balaban J connectivity index is 1.41. The number of alkyl halides is 3. The molecule has 0 radical (unpaired) electrons. The molecule has 2 unspecified atom stereocenters. The van der Waals surface area contributed by atoms with E-state index in [1.165, 1.54) is 12.1 Å². The second-order valence-electron chi connectivity index (χ2n) is 9.73. The second-order valence-corrected chi connectivity index (χ2v) is 10.1.